The highest BCUT2D eigenvalue weighted by atomic mass is 79.9. The lowest BCUT2D eigenvalue weighted by Crippen LogP contribution is -2.48. The van der Waals surface area contributed by atoms with Gasteiger partial charge < -0.3 is 15.5 Å². The van der Waals surface area contributed by atoms with Crippen molar-refractivity contribution < 1.29 is 0 Å². The molecule has 0 amide bonds. The van der Waals surface area contributed by atoms with Crippen molar-refractivity contribution in [2.75, 3.05) is 31.6 Å². The molecule has 0 bridgehead atoms. The minimum absolute atomic E-state index is 0.397. The lowest BCUT2D eigenvalue weighted by Gasteiger charge is -2.36. The average molecular weight is 312 g/mol. The summed E-state index contributed by atoms with van der Waals surface area (Å²) in [6.45, 7) is 5.18. The smallest absolute Gasteiger partial charge is 0.0542 e. The van der Waals surface area contributed by atoms with Gasteiger partial charge in [0.2, 0.25) is 0 Å². The molecule has 2 unspecified atom stereocenters. The van der Waals surface area contributed by atoms with Crippen LogP contribution in [0.25, 0.3) is 0 Å². The summed E-state index contributed by atoms with van der Waals surface area (Å²) in [5, 5.41) is 0. The van der Waals surface area contributed by atoms with Gasteiger partial charge in [-0.25, -0.2) is 0 Å². The van der Waals surface area contributed by atoms with Gasteiger partial charge >= 0.3 is 0 Å². The molecular weight excluding hydrogens is 290 g/mol. The van der Waals surface area contributed by atoms with Gasteiger partial charge in [0.15, 0.2) is 0 Å². The first-order chi connectivity index (χ1) is 8.61. The van der Waals surface area contributed by atoms with Gasteiger partial charge in [0.1, 0.15) is 0 Å². The molecule has 1 fully saturated rings. The van der Waals surface area contributed by atoms with Crippen molar-refractivity contribution in [2.45, 2.75) is 25.4 Å². The second-order valence-corrected chi connectivity index (χ2v) is 6.09. The van der Waals surface area contributed by atoms with Crippen molar-refractivity contribution >= 4 is 21.6 Å². The first kappa shape index (κ1) is 13.8. The van der Waals surface area contributed by atoms with Crippen LogP contribution in [0, 0.1) is 0 Å². The van der Waals surface area contributed by atoms with Gasteiger partial charge in [-0.3, -0.25) is 0 Å². The third kappa shape index (κ3) is 3.05. The van der Waals surface area contributed by atoms with Crippen molar-refractivity contribution in [3.8, 4) is 0 Å². The molecule has 4 heteroatoms. The summed E-state index contributed by atoms with van der Waals surface area (Å²) in [4.78, 5) is 4.86. The maximum atomic E-state index is 5.98. The maximum absolute atomic E-state index is 5.98. The Morgan fingerprint density at radius 1 is 1.33 bits per heavy atom. The molecule has 0 saturated carbocycles. The van der Waals surface area contributed by atoms with Gasteiger partial charge in [-0.1, -0.05) is 15.9 Å². The Kier molecular flexibility index (Phi) is 4.65. The zero-order valence-corrected chi connectivity index (χ0v) is 12.7. The number of hydrogen-bond acceptors (Lipinski definition) is 3. The molecule has 1 aromatic carbocycles. The predicted octanol–water partition coefficient (Wildman–Crippen LogP) is 2.31. The van der Waals surface area contributed by atoms with Crippen LogP contribution in [0.5, 0.6) is 0 Å². The van der Waals surface area contributed by atoms with Crippen molar-refractivity contribution in [1.82, 2.24) is 4.90 Å². The van der Waals surface area contributed by atoms with E-state index in [0.29, 0.717) is 18.6 Å². The molecule has 2 rings (SSSR count). The minimum Gasteiger partial charge on any atom is -0.363 e. The van der Waals surface area contributed by atoms with E-state index >= 15 is 0 Å². The monoisotopic (exact) mass is 311 g/mol. The van der Waals surface area contributed by atoms with Crippen LogP contribution in [0.4, 0.5) is 5.69 Å². The van der Waals surface area contributed by atoms with Crippen LogP contribution in [0.2, 0.25) is 0 Å². The van der Waals surface area contributed by atoms with Crippen LogP contribution >= 0.6 is 15.9 Å². The molecule has 1 aliphatic heterocycles. The number of nitrogens with two attached hydrogens (primary N) is 1. The summed E-state index contributed by atoms with van der Waals surface area (Å²) in [5.74, 6) is 0. The molecule has 0 radical (unpaired) electrons. The second kappa shape index (κ2) is 6.04. The average Bonchev–Trinajstić information content (AvgIpc) is 2.50. The highest BCUT2D eigenvalue weighted by Crippen LogP contribution is 2.25. The quantitative estimate of drug-likeness (QED) is 0.909. The molecule has 2 atom stereocenters. The van der Waals surface area contributed by atoms with Crippen LogP contribution in [0.15, 0.2) is 28.7 Å². The highest BCUT2D eigenvalue weighted by Gasteiger charge is 2.27. The fourth-order valence-corrected chi connectivity index (χ4v) is 2.98. The van der Waals surface area contributed by atoms with Crippen molar-refractivity contribution in [1.29, 1.82) is 0 Å². The molecule has 0 aliphatic carbocycles. The highest BCUT2D eigenvalue weighted by molar-refractivity contribution is 9.10. The molecule has 1 aliphatic rings. The van der Waals surface area contributed by atoms with Crippen LogP contribution < -0.4 is 10.6 Å². The van der Waals surface area contributed by atoms with Gasteiger partial charge in [0.25, 0.3) is 0 Å². The zero-order valence-electron chi connectivity index (χ0n) is 11.1. The molecule has 0 spiro atoms. The summed E-state index contributed by atoms with van der Waals surface area (Å²) >= 11 is 3.49. The lowest BCUT2D eigenvalue weighted by molar-refractivity contribution is 0.332. The van der Waals surface area contributed by atoms with Gasteiger partial charge in [-0.2, -0.15) is 0 Å². The summed E-state index contributed by atoms with van der Waals surface area (Å²) in [7, 11) is 2.18. The van der Waals surface area contributed by atoms with Crippen LogP contribution in [-0.2, 0) is 0 Å². The molecule has 0 aromatic heterocycles. The van der Waals surface area contributed by atoms with E-state index in [1.165, 1.54) is 12.1 Å². The predicted molar refractivity (Wildman–Crippen MR) is 81.0 cm³/mol. The third-order valence-corrected chi connectivity index (χ3v) is 4.24. The molecule has 3 nitrogen and oxygen atoms in total. The Balaban J connectivity index is 2.28. The van der Waals surface area contributed by atoms with E-state index in [1.807, 2.05) is 0 Å². The number of nitrogens with zero attached hydrogens (tertiary/aromatic N) is 2. The largest absolute Gasteiger partial charge is 0.363 e. The first-order valence-electron chi connectivity index (χ1n) is 6.54. The standard InChI is InChI=1S/C14H22BrN3/c1-11-7-8-17(2)10-14(9-16)18(11)13-5-3-12(15)4-6-13/h3-6,11,14H,7-10,16H2,1-2H3. The Labute approximate surface area is 118 Å². The van der Waals surface area contributed by atoms with Gasteiger partial charge in [0.05, 0.1) is 6.04 Å². The number of halogens is 1. The van der Waals surface area contributed by atoms with E-state index < -0.39 is 0 Å². The number of anilines is 1. The maximum Gasteiger partial charge on any atom is 0.0542 e. The normalized spacial score (nSPS) is 26.1. The van der Waals surface area contributed by atoms with Gasteiger partial charge in [-0.15, -0.1) is 0 Å². The Bertz CT molecular complexity index is 379. The number of benzene rings is 1. The van der Waals surface area contributed by atoms with E-state index in [4.69, 9.17) is 5.73 Å². The number of likely N-dealkylation sites (N-methyl/N-ethyl adjacent to an activating group) is 1. The van der Waals surface area contributed by atoms with Crippen LogP contribution in [0.3, 0.4) is 0 Å². The van der Waals surface area contributed by atoms with E-state index in [1.54, 1.807) is 0 Å². The molecule has 1 saturated heterocycles. The number of hydrogen-bond donors (Lipinski definition) is 1. The van der Waals surface area contributed by atoms with Crippen molar-refractivity contribution in [3.05, 3.63) is 28.7 Å². The van der Waals surface area contributed by atoms with E-state index in [9.17, 15) is 0 Å². The summed E-state index contributed by atoms with van der Waals surface area (Å²) in [6, 6.07) is 9.48. The SMILES string of the molecule is CC1CCN(C)CC(CN)N1c1ccc(Br)cc1. The van der Waals surface area contributed by atoms with E-state index in [0.717, 1.165) is 17.6 Å². The van der Waals surface area contributed by atoms with Crippen LogP contribution in [-0.4, -0.2) is 43.7 Å². The lowest BCUT2D eigenvalue weighted by atomic mass is 10.1. The van der Waals surface area contributed by atoms with Crippen molar-refractivity contribution in [2.24, 2.45) is 5.73 Å². The molecule has 1 aromatic rings. The summed E-state index contributed by atoms with van der Waals surface area (Å²) in [5.41, 5.74) is 7.25. The summed E-state index contributed by atoms with van der Waals surface area (Å²) in [6.07, 6.45) is 1.18. The Morgan fingerprint density at radius 2 is 2.00 bits per heavy atom. The fourth-order valence-electron chi connectivity index (χ4n) is 2.71. The third-order valence-electron chi connectivity index (χ3n) is 3.72. The number of rotatable bonds is 2. The molecular formula is C14H22BrN3. The van der Waals surface area contributed by atoms with Crippen molar-refractivity contribution in [3.63, 3.8) is 0 Å². The first-order valence-corrected chi connectivity index (χ1v) is 7.33. The van der Waals surface area contributed by atoms with E-state index in [2.05, 4.69) is 64.0 Å². The molecule has 2 N–H and O–H groups in total. The minimum atomic E-state index is 0.397. The zero-order chi connectivity index (χ0) is 13.1. The Hall–Kier alpha value is -0.580. The molecule has 100 valence electrons. The van der Waals surface area contributed by atoms with E-state index in [-0.39, 0.29) is 0 Å². The second-order valence-electron chi connectivity index (χ2n) is 5.17. The molecule has 18 heavy (non-hydrogen) atoms. The molecule has 1 heterocycles. The van der Waals surface area contributed by atoms with Gasteiger partial charge in [0, 0.05) is 29.3 Å². The fraction of sp³-hybridized carbons (Fsp3) is 0.571. The van der Waals surface area contributed by atoms with Crippen LogP contribution in [0.1, 0.15) is 13.3 Å². The Morgan fingerprint density at radius 3 is 2.61 bits per heavy atom. The topological polar surface area (TPSA) is 32.5 Å². The summed E-state index contributed by atoms with van der Waals surface area (Å²) < 4.78 is 1.12. The van der Waals surface area contributed by atoms with Gasteiger partial charge in [-0.05, 0) is 51.2 Å².